The van der Waals surface area contributed by atoms with E-state index in [9.17, 15) is 4.79 Å². The summed E-state index contributed by atoms with van der Waals surface area (Å²) in [4.78, 5) is 12.9. The van der Waals surface area contributed by atoms with E-state index in [0.29, 0.717) is 10.9 Å². The van der Waals surface area contributed by atoms with Crippen molar-refractivity contribution in [1.29, 1.82) is 0 Å². The van der Waals surface area contributed by atoms with E-state index in [1.165, 1.54) is 32.1 Å². The highest BCUT2D eigenvalue weighted by Crippen LogP contribution is 2.46. The molecule has 20 heavy (non-hydrogen) atoms. The maximum atomic E-state index is 12.5. The van der Waals surface area contributed by atoms with Gasteiger partial charge < -0.3 is 11.1 Å². The Morgan fingerprint density at radius 1 is 1.35 bits per heavy atom. The Bertz CT molecular complexity index is 385. The lowest BCUT2D eigenvalue weighted by Crippen LogP contribution is -2.57. The van der Waals surface area contributed by atoms with Gasteiger partial charge in [-0.05, 0) is 37.9 Å². The summed E-state index contributed by atoms with van der Waals surface area (Å²) < 4.78 is 0.223. The van der Waals surface area contributed by atoms with E-state index in [2.05, 4.69) is 18.5 Å². The van der Waals surface area contributed by atoms with Gasteiger partial charge in [0.05, 0.1) is 10.4 Å². The van der Waals surface area contributed by atoms with Gasteiger partial charge in [0.15, 0.2) is 0 Å². The summed E-state index contributed by atoms with van der Waals surface area (Å²) in [6.07, 6.45) is 10.0. The highest BCUT2D eigenvalue weighted by molar-refractivity contribution is 8.00. The zero-order chi connectivity index (χ0) is 14.8. The van der Waals surface area contributed by atoms with Gasteiger partial charge in [-0.2, -0.15) is 11.8 Å². The fourth-order valence-electron chi connectivity index (χ4n) is 3.69. The zero-order valence-corrected chi connectivity index (χ0v) is 14.2. The molecule has 1 amide bonds. The molecule has 2 saturated carbocycles. The summed E-state index contributed by atoms with van der Waals surface area (Å²) in [5.41, 5.74) is 5.27. The van der Waals surface area contributed by atoms with Crippen LogP contribution in [-0.2, 0) is 4.79 Å². The van der Waals surface area contributed by atoms with Crippen molar-refractivity contribution in [1.82, 2.24) is 5.32 Å². The van der Waals surface area contributed by atoms with Crippen LogP contribution < -0.4 is 11.1 Å². The highest BCUT2D eigenvalue weighted by Gasteiger charge is 2.51. The van der Waals surface area contributed by atoms with E-state index in [-0.39, 0.29) is 10.7 Å². The van der Waals surface area contributed by atoms with Crippen molar-refractivity contribution >= 4 is 34.9 Å². The molecule has 3 nitrogen and oxygen atoms in total. The summed E-state index contributed by atoms with van der Waals surface area (Å²) in [5.74, 6) is 0.605. The molecule has 0 spiro atoms. The third-order valence-electron chi connectivity index (χ3n) is 5.07. The van der Waals surface area contributed by atoms with Crippen LogP contribution in [0.15, 0.2) is 0 Å². The van der Waals surface area contributed by atoms with E-state index in [1.807, 2.05) is 11.8 Å². The minimum Gasteiger partial charge on any atom is -0.392 e. The first kappa shape index (κ1) is 16.1. The van der Waals surface area contributed by atoms with Crippen molar-refractivity contribution in [3.63, 3.8) is 0 Å². The van der Waals surface area contributed by atoms with Crippen LogP contribution in [0.4, 0.5) is 0 Å². The second kappa shape index (κ2) is 6.22. The van der Waals surface area contributed by atoms with Gasteiger partial charge in [0.25, 0.3) is 0 Å². The summed E-state index contributed by atoms with van der Waals surface area (Å²) in [7, 11) is 0. The van der Waals surface area contributed by atoms with Gasteiger partial charge >= 0.3 is 0 Å². The Morgan fingerprint density at radius 3 is 2.40 bits per heavy atom. The molecule has 2 aliphatic rings. The van der Waals surface area contributed by atoms with Crippen LogP contribution in [0.25, 0.3) is 0 Å². The quantitative estimate of drug-likeness (QED) is 0.766. The van der Waals surface area contributed by atoms with Crippen LogP contribution in [-0.4, -0.2) is 28.4 Å². The van der Waals surface area contributed by atoms with Gasteiger partial charge in [-0.3, -0.25) is 4.79 Å². The molecule has 0 radical (unpaired) electrons. The van der Waals surface area contributed by atoms with Gasteiger partial charge in [0.1, 0.15) is 0 Å². The van der Waals surface area contributed by atoms with Gasteiger partial charge in [0, 0.05) is 11.3 Å². The fraction of sp³-hybridized carbons (Fsp3) is 0.867. The summed E-state index contributed by atoms with van der Waals surface area (Å²) in [6, 6.07) is 0. The van der Waals surface area contributed by atoms with Crippen molar-refractivity contribution in [3.8, 4) is 0 Å². The van der Waals surface area contributed by atoms with Crippen LogP contribution in [0.1, 0.15) is 51.9 Å². The normalized spacial score (nSPS) is 32.2. The summed E-state index contributed by atoms with van der Waals surface area (Å²) >= 11 is 7.05. The molecular formula is C15H26N2OS2. The fourth-order valence-corrected chi connectivity index (χ4v) is 4.86. The number of nitrogens with two attached hydrogens (primary N) is 1. The molecule has 2 fully saturated rings. The number of nitrogens with one attached hydrogen (secondary N) is 1. The molecule has 2 rings (SSSR count). The molecule has 0 aliphatic heterocycles. The molecule has 0 aromatic heterocycles. The molecule has 0 bridgehead atoms. The molecule has 0 heterocycles. The Balaban J connectivity index is 1.95. The molecule has 0 atom stereocenters. The van der Waals surface area contributed by atoms with Crippen LogP contribution in [0, 0.1) is 11.3 Å². The predicted molar refractivity (Wildman–Crippen MR) is 90.0 cm³/mol. The molecular weight excluding hydrogens is 288 g/mol. The maximum absolute atomic E-state index is 12.5. The molecule has 114 valence electrons. The predicted octanol–water partition coefficient (Wildman–Crippen LogP) is 2.87. The van der Waals surface area contributed by atoms with E-state index >= 15 is 0 Å². The average molecular weight is 315 g/mol. The lowest BCUT2D eigenvalue weighted by Gasteiger charge is -2.45. The number of thioether (sulfide) groups is 1. The van der Waals surface area contributed by atoms with Crippen molar-refractivity contribution in [2.75, 3.05) is 12.8 Å². The third kappa shape index (κ3) is 2.98. The molecule has 0 unspecified atom stereocenters. The molecule has 3 N–H and O–H groups in total. The van der Waals surface area contributed by atoms with Gasteiger partial charge in [-0.1, -0.05) is 38.4 Å². The minimum absolute atomic E-state index is 0.0575. The second-order valence-electron chi connectivity index (χ2n) is 6.59. The molecule has 0 aromatic carbocycles. The first-order chi connectivity index (χ1) is 9.44. The number of carbonyl (C=O) groups excluding carboxylic acids is 1. The number of thiocarbonyl (C=S) groups is 1. The largest absolute Gasteiger partial charge is 0.392 e. The first-order valence-electron chi connectivity index (χ1n) is 7.57. The van der Waals surface area contributed by atoms with Crippen LogP contribution in [0.3, 0.4) is 0 Å². The average Bonchev–Trinajstić information content (AvgIpc) is 2.41. The molecule has 5 heteroatoms. The van der Waals surface area contributed by atoms with E-state index in [4.69, 9.17) is 18.0 Å². The van der Waals surface area contributed by atoms with Crippen molar-refractivity contribution in [2.45, 2.75) is 56.6 Å². The SMILES string of the molecule is CSC1(CNC(=O)C2(C(N)=S)CC(C)C2)CCCCC1. The van der Waals surface area contributed by atoms with Crippen LogP contribution in [0.5, 0.6) is 0 Å². The van der Waals surface area contributed by atoms with Crippen molar-refractivity contribution in [3.05, 3.63) is 0 Å². The first-order valence-corrected chi connectivity index (χ1v) is 9.21. The third-order valence-corrected chi connectivity index (χ3v) is 6.88. The lowest BCUT2D eigenvalue weighted by atomic mass is 9.62. The Morgan fingerprint density at radius 2 is 1.95 bits per heavy atom. The highest BCUT2D eigenvalue weighted by atomic mass is 32.2. The number of carbonyl (C=O) groups is 1. The zero-order valence-electron chi connectivity index (χ0n) is 12.5. The van der Waals surface area contributed by atoms with Gasteiger partial charge in [-0.15, -0.1) is 0 Å². The number of hydrogen-bond acceptors (Lipinski definition) is 3. The van der Waals surface area contributed by atoms with Crippen molar-refractivity contribution < 1.29 is 4.79 Å². The van der Waals surface area contributed by atoms with Crippen LogP contribution in [0.2, 0.25) is 0 Å². The van der Waals surface area contributed by atoms with Crippen molar-refractivity contribution in [2.24, 2.45) is 17.1 Å². The van der Waals surface area contributed by atoms with E-state index in [1.54, 1.807) is 0 Å². The number of amides is 1. The van der Waals surface area contributed by atoms with Crippen LogP contribution >= 0.6 is 24.0 Å². The Hall–Kier alpha value is -0.290. The monoisotopic (exact) mass is 314 g/mol. The molecule has 2 aliphatic carbocycles. The minimum atomic E-state index is -0.566. The van der Waals surface area contributed by atoms with E-state index < -0.39 is 5.41 Å². The lowest BCUT2D eigenvalue weighted by molar-refractivity contribution is -0.133. The standard InChI is InChI=1S/C15H26N2OS2/c1-11-8-15(9-11,12(16)19)13(18)17-10-14(20-2)6-4-3-5-7-14/h11H,3-10H2,1-2H3,(H2,16,19)(H,17,18). The summed E-state index contributed by atoms with van der Waals surface area (Å²) in [5, 5.41) is 3.16. The van der Waals surface area contributed by atoms with Gasteiger partial charge in [0.2, 0.25) is 5.91 Å². The Labute approximate surface area is 131 Å². The second-order valence-corrected chi connectivity index (χ2v) is 8.30. The molecule has 0 aromatic rings. The van der Waals surface area contributed by atoms with E-state index in [0.717, 1.165) is 19.4 Å². The number of hydrogen-bond donors (Lipinski definition) is 2. The smallest absolute Gasteiger partial charge is 0.233 e. The number of rotatable bonds is 5. The van der Waals surface area contributed by atoms with Gasteiger partial charge in [-0.25, -0.2) is 0 Å². The maximum Gasteiger partial charge on any atom is 0.233 e. The summed E-state index contributed by atoms with van der Waals surface area (Å²) in [6.45, 7) is 2.90. The Kier molecular flexibility index (Phi) is 5.00. The topological polar surface area (TPSA) is 55.1 Å². The molecule has 0 saturated heterocycles.